The molecule has 0 spiro atoms. The number of carbonyl (C=O) groups is 1. The third kappa shape index (κ3) is 5.74. The van der Waals surface area contributed by atoms with Crippen molar-refractivity contribution in [3.8, 4) is 0 Å². The van der Waals surface area contributed by atoms with Crippen molar-refractivity contribution in [3.63, 3.8) is 0 Å². The fraction of sp³-hybridized carbons (Fsp3) is 0.368. The van der Waals surface area contributed by atoms with Gasteiger partial charge in [0.25, 0.3) is 5.91 Å². The first-order valence-corrected chi connectivity index (χ1v) is 8.22. The quantitative estimate of drug-likeness (QED) is 0.726. The molecule has 122 valence electrons. The molecule has 2 aromatic rings. The number of nitrogens with one attached hydrogen (secondary N) is 2. The summed E-state index contributed by atoms with van der Waals surface area (Å²) >= 11 is 0. The van der Waals surface area contributed by atoms with E-state index in [0.29, 0.717) is 12.2 Å². The molecule has 4 nitrogen and oxygen atoms in total. The van der Waals surface area contributed by atoms with Gasteiger partial charge in [-0.2, -0.15) is 0 Å². The second-order valence-corrected chi connectivity index (χ2v) is 5.74. The van der Waals surface area contributed by atoms with Crippen LogP contribution in [0.3, 0.4) is 0 Å². The highest BCUT2D eigenvalue weighted by Crippen LogP contribution is 2.09. The van der Waals surface area contributed by atoms with Gasteiger partial charge < -0.3 is 10.6 Å². The Hall–Kier alpha value is -2.36. The summed E-state index contributed by atoms with van der Waals surface area (Å²) in [5, 5.41) is 6.25. The van der Waals surface area contributed by atoms with E-state index in [-0.39, 0.29) is 5.91 Å². The Kier molecular flexibility index (Phi) is 6.60. The van der Waals surface area contributed by atoms with Crippen LogP contribution in [0.15, 0.2) is 42.6 Å². The normalized spacial score (nSPS) is 10.3. The Morgan fingerprint density at radius 1 is 1.17 bits per heavy atom. The zero-order valence-corrected chi connectivity index (χ0v) is 13.9. The Balaban J connectivity index is 1.89. The summed E-state index contributed by atoms with van der Waals surface area (Å²) in [5.74, 6) is -0.149. The minimum absolute atomic E-state index is 0.149. The average Bonchev–Trinajstić information content (AvgIpc) is 2.57. The van der Waals surface area contributed by atoms with Crippen LogP contribution in [-0.2, 0) is 6.54 Å². The number of rotatable bonds is 8. The Labute approximate surface area is 138 Å². The first-order valence-electron chi connectivity index (χ1n) is 8.22. The van der Waals surface area contributed by atoms with Crippen molar-refractivity contribution in [2.75, 3.05) is 11.9 Å². The van der Waals surface area contributed by atoms with Gasteiger partial charge in [-0.3, -0.25) is 9.78 Å². The number of benzene rings is 1. The van der Waals surface area contributed by atoms with Crippen LogP contribution >= 0.6 is 0 Å². The molecule has 4 heteroatoms. The molecular formula is C19H25N3O. The molecule has 2 N–H and O–H groups in total. The SMILES string of the molecule is CCCCCNc1ccnc(C(=O)NCc2cccc(C)c2)c1. The number of hydrogen-bond donors (Lipinski definition) is 2. The van der Waals surface area contributed by atoms with Crippen molar-refractivity contribution >= 4 is 11.6 Å². The largest absolute Gasteiger partial charge is 0.385 e. The van der Waals surface area contributed by atoms with Gasteiger partial charge in [0.1, 0.15) is 5.69 Å². The van der Waals surface area contributed by atoms with Crippen molar-refractivity contribution < 1.29 is 4.79 Å². The van der Waals surface area contributed by atoms with Crippen LogP contribution in [0.4, 0.5) is 5.69 Å². The molecule has 0 aliphatic carbocycles. The van der Waals surface area contributed by atoms with Gasteiger partial charge in [0.05, 0.1) is 0 Å². The number of aryl methyl sites for hydroxylation is 1. The van der Waals surface area contributed by atoms with Gasteiger partial charge in [0, 0.05) is 25.0 Å². The van der Waals surface area contributed by atoms with E-state index in [9.17, 15) is 4.79 Å². The van der Waals surface area contributed by atoms with Gasteiger partial charge in [-0.15, -0.1) is 0 Å². The van der Waals surface area contributed by atoms with E-state index in [2.05, 4.69) is 28.6 Å². The minimum atomic E-state index is -0.149. The molecule has 0 radical (unpaired) electrons. The van der Waals surface area contributed by atoms with E-state index in [1.165, 1.54) is 18.4 Å². The van der Waals surface area contributed by atoms with E-state index >= 15 is 0 Å². The molecule has 0 aliphatic rings. The first-order chi connectivity index (χ1) is 11.2. The summed E-state index contributed by atoms with van der Waals surface area (Å²) in [7, 11) is 0. The zero-order valence-electron chi connectivity index (χ0n) is 13.9. The van der Waals surface area contributed by atoms with Crippen LogP contribution in [0.5, 0.6) is 0 Å². The van der Waals surface area contributed by atoms with Gasteiger partial charge in [-0.1, -0.05) is 49.6 Å². The van der Waals surface area contributed by atoms with Gasteiger partial charge in [0.15, 0.2) is 0 Å². The summed E-state index contributed by atoms with van der Waals surface area (Å²) in [6, 6.07) is 11.8. The maximum atomic E-state index is 12.2. The third-order valence-corrected chi connectivity index (χ3v) is 3.64. The average molecular weight is 311 g/mol. The standard InChI is InChI=1S/C19H25N3O/c1-3-4-5-10-20-17-9-11-21-18(13-17)19(23)22-14-16-8-6-7-15(2)12-16/h6-9,11-13H,3-5,10,14H2,1-2H3,(H,20,21)(H,22,23). The van der Waals surface area contributed by atoms with Gasteiger partial charge in [-0.05, 0) is 31.0 Å². The molecule has 23 heavy (non-hydrogen) atoms. The minimum Gasteiger partial charge on any atom is -0.385 e. The lowest BCUT2D eigenvalue weighted by Gasteiger charge is -2.08. The smallest absolute Gasteiger partial charge is 0.270 e. The number of pyridine rings is 1. The van der Waals surface area contributed by atoms with Crippen LogP contribution in [0, 0.1) is 6.92 Å². The van der Waals surface area contributed by atoms with Gasteiger partial charge >= 0.3 is 0 Å². The number of carbonyl (C=O) groups excluding carboxylic acids is 1. The fourth-order valence-corrected chi connectivity index (χ4v) is 2.37. The van der Waals surface area contributed by atoms with Crippen molar-refractivity contribution in [1.82, 2.24) is 10.3 Å². The first kappa shape index (κ1) is 17.0. The molecule has 0 atom stereocenters. The summed E-state index contributed by atoms with van der Waals surface area (Å²) < 4.78 is 0. The van der Waals surface area contributed by atoms with E-state index in [4.69, 9.17) is 0 Å². The van der Waals surface area contributed by atoms with E-state index < -0.39 is 0 Å². The van der Waals surface area contributed by atoms with Crippen molar-refractivity contribution in [3.05, 3.63) is 59.4 Å². The second-order valence-electron chi connectivity index (χ2n) is 5.74. The van der Waals surface area contributed by atoms with Crippen molar-refractivity contribution in [2.45, 2.75) is 39.7 Å². The molecule has 0 saturated carbocycles. The molecule has 1 aromatic carbocycles. The predicted molar refractivity (Wildman–Crippen MR) is 94.6 cm³/mol. The molecule has 1 heterocycles. The number of nitrogens with zero attached hydrogens (tertiary/aromatic N) is 1. The van der Waals surface area contributed by atoms with E-state index in [1.807, 2.05) is 31.2 Å². The summed E-state index contributed by atoms with van der Waals surface area (Å²) in [6.45, 7) is 5.65. The van der Waals surface area contributed by atoms with E-state index in [1.54, 1.807) is 12.3 Å². The third-order valence-electron chi connectivity index (χ3n) is 3.64. The Morgan fingerprint density at radius 3 is 2.83 bits per heavy atom. The molecule has 0 unspecified atom stereocenters. The number of aromatic nitrogens is 1. The Morgan fingerprint density at radius 2 is 2.04 bits per heavy atom. The van der Waals surface area contributed by atoms with Crippen LogP contribution in [-0.4, -0.2) is 17.4 Å². The van der Waals surface area contributed by atoms with Crippen molar-refractivity contribution in [1.29, 1.82) is 0 Å². The van der Waals surface area contributed by atoms with E-state index in [0.717, 1.165) is 24.2 Å². The lowest BCUT2D eigenvalue weighted by molar-refractivity contribution is 0.0946. The predicted octanol–water partition coefficient (Wildman–Crippen LogP) is 3.92. The van der Waals surface area contributed by atoms with Crippen LogP contribution in [0.1, 0.15) is 47.8 Å². The highest BCUT2D eigenvalue weighted by atomic mass is 16.1. The summed E-state index contributed by atoms with van der Waals surface area (Å²) in [5.41, 5.74) is 3.66. The topological polar surface area (TPSA) is 54.0 Å². The molecule has 1 aromatic heterocycles. The second kappa shape index (κ2) is 8.93. The fourth-order valence-electron chi connectivity index (χ4n) is 2.37. The number of amides is 1. The molecule has 1 amide bonds. The van der Waals surface area contributed by atoms with Gasteiger partial charge in [0.2, 0.25) is 0 Å². The number of unbranched alkanes of at least 4 members (excludes halogenated alkanes) is 2. The molecule has 0 aliphatic heterocycles. The lowest BCUT2D eigenvalue weighted by Crippen LogP contribution is -2.24. The van der Waals surface area contributed by atoms with Crippen LogP contribution in [0.25, 0.3) is 0 Å². The van der Waals surface area contributed by atoms with Crippen LogP contribution in [0.2, 0.25) is 0 Å². The summed E-state index contributed by atoms with van der Waals surface area (Å²) in [4.78, 5) is 16.4. The molecule has 0 saturated heterocycles. The van der Waals surface area contributed by atoms with Crippen molar-refractivity contribution in [2.24, 2.45) is 0 Å². The highest BCUT2D eigenvalue weighted by Gasteiger charge is 2.07. The zero-order chi connectivity index (χ0) is 16.5. The molecular weight excluding hydrogens is 286 g/mol. The summed E-state index contributed by atoms with van der Waals surface area (Å²) in [6.07, 6.45) is 5.21. The maximum Gasteiger partial charge on any atom is 0.270 e. The Bertz CT molecular complexity index is 640. The van der Waals surface area contributed by atoms with Gasteiger partial charge in [-0.25, -0.2) is 0 Å². The molecule has 0 fully saturated rings. The highest BCUT2D eigenvalue weighted by molar-refractivity contribution is 5.93. The monoisotopic (exact) mass is 311 g/mol. The molecule has 0 bridgehead atoms. The van der Waals surface area contributed by atoms with Crippen LogP contribution < -0.4 is 10.6 Å². The maximum absolute atomic E-state index is 12.2. The lowest BCUT2D eigenvalue weighted by atomic mass is 10.1. The number of anilines is 1. The number of hydrogen-bond acceptors (Lipinski definition) is 3. The molecule has 2 rings (SSSR count).